The molecule has 0 spiro atoms. The van der Waals surface area contributed by atoms with Crippen molar-refractivity contribution in [1.82, 2.24) is 0 Å². The molecule has 1 saturated heterocycles. The molecule has 1 aliphatic heterocycles. The summed E-state index contributed by atoms with van der Waals surface area (Å²) in [5.74, 6) is -0.933. The molecule has 29 heavy (non-hydrogen) atoms. The minimum absolute atomic E-state index is 0.147. The van der Waals surface area contributed by atoms with Crippen molar-refractivity contribution >= 4 is 5.97 Å². The van der Waals surface area contributed by atoms with Gasteiger partial charge in [-0.05, 0) is 19.8 Å². The van der Waals surface area contributed by atoms with Crippen LogP contribution in [0.25, 0.3) is 0 Å². The number of carboxylic acid groups (broad SMARTS) is 1. The number of aliphatic carboxylic acids is 1. The zero-order chi connectivity index (χ0) is 21.5. The lowest BCUT2D eigenvalue weighted by Crippen LogP contribution is -2.47. The number of hydrogen-bond donors (Lipinski definition) is 4. The highest BCUT2D eigenvalue weighted by atomic mass is 16.7. The predicted molar refractivity (Wildman–Crippen MR) is 111 cm³/mol. The summed E-state index contributed by atoms with van der Waals surface area (Å²) in [6.45, 7) is 2.37. The van der Waals surface area contributed by atoms with Crippen molar-refractivity contribution in [1.29, 1.82) is 0 Å². The van der Waals surface area contributed by atoms with Crippen molar-refractivity contribution in [2.24, 2.45) is 0 Å². The molecule has 0 aromatic carbocycles. The first-order valence-electron chi connectivity index (χ1n) is 11.4. The van der Waals surface area contributed by atoms with Gasteiger partial charge in [0.1, 0.15) is 6.10 Å². The van der Waals surface area contributed by atoms with Gasteiger partial charge in [0.25, 0.3) is 0 Å². The number of unbranched alkanes of at least 4 members (excludes halogenated alkanes) is 10. The Hall–Kier alpha value is -0.730. The fourth-order valence-electron chi connectivity index (χ4n) is 3.67. The second kappa shape index (κ2) is 16.0. The molecule has 0 saturated carbocycles. The van der Waals surface area contributed by atoms with E-state index < -0.39 is 30.6 Å². The summed E-state index contributed by atoms with van der Waals surface area (Å²) in [7, 11) is 0. The van der Waals surface area contributed by atoms with Gasteiger partial charge >= 0.3 is 5.97 Å². The van der Waals surface area contributed by atoms with Crippen molar-refractivity contribution in [3.63, 3.8) is 0 Å². The smallest absolute Gasteiger partial charge is 0.305 e. The van der Waals surface area contributed by atoms with Gasteiger partial charge < -0.3 is 29.9 Å². The van der Waals surface area contributed by atoms with Gasteiger partial charge in [0.05, 0.1) is 24.7 Å². The molecule has 0 unspecified atom stereocenters. The maximum atomic E-state index is 10.5. The Kier molecular flexibility index (Phi) is 14.5. The van der Waals surface area contributed by atoms with Crippen LogP contribution < -0.4 is 0 Å². The van der Waals surface area contributed by atoms with Gasteiger partial charge in [-0.1, -0.05) is 64.2 Å². The largest absolute Gasteiger partial charge is 0.481 e. The van der Waals surface area contributed by atoms with Gasteiger partial charge in [-0.2, -0.15) is 0 Å². The summed E-state index contributed by atoms with van der Waals surface area (Å²) < 4.78 is 11.1. The molecule has 5 atom stereocenters. The van der Waals surface area contributed by atoms with Gasteiger partial charge in [0, 0.05) is 13.0 Å². The van der Waals surface area contributed by atoms with E-state index in [-0.39, 0.29) is 12.5 Å². The zero-order valence-corrected chi connectivity index (χ0v) is 18.0. The number of carbonyl (C=O) groups is 1. The zero-order valence-electron chi connectivity index (χ0n) is 18.0. The molecule has 1 heterocycles. The fraction of sp³-hybridized carbons (Fsp3) is 0.955. The van der Waals surface area contributed by atoms with E-state index >= 15 is 0 Å². The van der Waals surface area contributed by atoms with E-state index in [1.807, 2.05) is 0 Å². The van der Waals surface area contributed by atoms with Crippen LogP contribution in [-0.4, -0.2) is 63.7 Å². The molecule has 0 amide bonds. The third kappa shape index (κ3) is 13.2. The Bertz CT molecular complexity index is 418. The molecule has 0 radical (unpaired) electrons. The molecule has 0 aliphatic carbocycles. The number of hydrogen-bond acceptors (Lipinski definition) is 6. The maximum Gasteiger partial charge on any atom is 0.305 e. The van der Waals surface area contributed by atoms with Gasteiger partial charge in [0.2, 0.25) is 0 Å². The summed E-state index contributed by atoms with van der Waals surface area (Å²) in [5.41, 5.74) is 0. The lowest BCUT2D eigenvalue weighted by molar-refractivity contribution is -0.261. The van der Waals surface area contributed by atoms with Crippen LogP contribution >= 0.6 is 0 Å². The van der Waals surface area contributed by atoms with Gasteiger partial charge in [0.15, 0.2) is 6.29 Å². The number of carboxylic acids is 1. The minimum Gasteiger partial charge on any atom is -0.481 e. The Morgan fingerprint density at radius 1 is 0.931 bits per heavy atom. The van der Waals surface area contributed by atoms with Crippen molar-refractivity contribution in [2.45, 2.75) is 128 Å². The molecule has 172 valence electrons. The van der Waals surface area contributed by atoms with Crippen molar-refractivity contribution < 1.29 is 34.7 Å². The Balaban J connectivity index is 1.81. The van der Waals surface area contributed by atoms with Gasteiger partial charge in [-0.3, -0.25) is 4.79 Å². The topological polar surface area (TPSA) is 116 Å². The molecule has 7 nitrogen and oxygen atoms in total. The van der Waals surface area contributed by atoms with Crippen LogP contribution in [0.5, 0.6) is 0 Å². The van der Waals surface area contributed by atoms with Crippen LogP contribution in [0.15, 0.2) is 0 Å². The number of ether oxygens (including phenoxy) is 2. The number of aliphatic hydroxyl groups is 3. The van der Waals surface area contributed by atoms with Crippen LogP contribution in [-0.2, 0) is 14.3 Å². The lowest BCUT2D eigenvalue weighted by Gasteiger charge is -2.35. The van der Waals surface area contributed by atoms with E-state index in [9.17, 15) is 20.1 Å². The van der Waals surface area contributed by atoms with Gasteiger partial charge in [-0.25, -0.2) is 0 Å². The SMILES string of the molecule is C[C@@H]1O[C@@H](OCCCCCCCCCCCCC[C@@H](O)CC(=O)O)[C@H](O)C[C@H]1O. The highest BCUT2D eigenvalue weighted by Crippen LogP contribution is 2.21. The van der Waals surface area contributed by atoms with E-state index in [1.54, 1.807) is 6.92 Å². The summed E-state index contributed by atoms with van der Waals surface area (Å²) in [6, 6.07) is 0. The van der Waals surface area contributed by atoms with Crippen molar-refractivity contribution in [2.75, 3.05) is 6.61 Å². The van der Waals surface area contributed by atoms with E-state index in [0.717, 1.165) is 32.1 Å². The monoisotopic (exact) mass is 418 g/mol. The summed E-state index contributed by atoms with van der Waals surface area (Å²) in [4.78, 5) is 10.5. The molecule has 7 heteroatoms. The maximum absolute atomic E-state index is 10.5. The Labute approximate surface area is 175 Å². The first-order valence-corrected chi connectivity index (χ1v) is 11.4. The second-order valence-electron chi connectivity index (χ2n) is 8.38. The van der Waals surface area contributed by atoms with Crippen LogP contribution in [0.4, 0.5) is 0 Å². The molecule has 0 aromatic rings. The fourth-order valence-corrected chi connectivity index (χ4v) is 3.67. The number of rotatable bonds is 17. The number of aliphatic hydroxyl groups excluding tert-OH is 3. The van der Waals surface area contributed by atoms with Crippen LogP contribution in [0.1, 0.15) is 96.8 Å². The Morgan fingerprint density at radius 2 is 1.45 bits per heavy atom. The first kappa shape index (κ1) is 26.3. The van der Waals surface area contributed by atoms with Crippen LogP contribution in [0, 0.1) is 0 Å². The van der Waals surface area contributed by atoms with Crippen LogP contribution in [0.2, 0.25) is 0 Å². The average molecular weight is 419 g/mol. The van der Waals surface area contributed by atoms with Gasteiger partial charge in [-0.15, -0.1) is 0 Å². The second-order valence-corrected chi connectivity index (χ2v) is 8.38. The van der Waals surface area contributed by atoms with Crippen LogP contribution in [0.3, 0.4) is 0 Å². The van der Waals surface area contributed by atoms with E-state index in [0.29, 0.717) is 19.4 Å². The molecular weight excluding hydrogens is 376 g/mol. The molecule has 1 rings (SSSR count). The molecule has 0 bridgehead atoms. The quantitative estimate of drug-likeness (QED) is 0.268. The van der Waals surface area contributed by atoms with Crippen molar-refractivity contribution in [3.05, 3.63) is 0 Å². The molecule has 1 fully saturated rings. The summed E-state index contributed by atoms with van der Waals surface area (Å²) in [5, 5.41) is 37.5. The Morgan fingerprint density at radius 3 is 2.00 bits per heavy atom. The summed E-state index contributed by atoms with van der Waals surface area (Å²) in [6.07, 6.45) is 10.3. The lowest BCUT2D eigenvalue weighted by atomic mass is 10.0. The average Bonchev–Trinajstić information content (AvgIpc) is 2.65. The predicted octanol–water partition coefficient (Wildman–Crippen LogP) is 3.38. The third-order valence-corrected chi connectivity index (χ3v) is 5.56. The third-order valence-electron chi connectivity index (χ3n) is 5.56. The van der Waals surface area contributed by atoms with E-state index in [1.165, 1.54) is 38.5 Å². The summed E-state index contributed by atoms with van der Waals surface area (Å²) >= 11 is 0. The first-order chi connectivity index (χ1) is 13.9. The standard InChI is InChI=1S/C22H42O7/c1-17-19(24)16-20(25)22(29-17)28-14-12-10-8-6-4-2-3-5-7-9-11-13-18(23)15-21(26)27/h17-20,22-25H,2-16H2,1H3,(H,26,27)/t17-,18+,19+,20+,22+/m0/s1. The molecular formula is C22H42O7. The normalized spacial score (nSPS) is 25.8. The molecule has 4 N–H and O–H groups in total. The van der Waals surface area contributed by atoms with E-state index in [2.05, 4.69) is 0 Å². The highest BCUT2D eigenvalue weighted by Gasteiger charge is 2.34. The molecule has 1 aliphatic rings. The minimum atomic E-state index is -0.933. The highest BCUT2D eigenvalue weighted by molar-refractivity contribution is 5.67. The molecule has 0 aromatic heterocycles. The van der Waals surface area contributed by atoms with E-state index in [4.69, 9.17) is 14.6 Å². The van der Waals surface area contributed by atoms with Crippen molar-refractivity contribution in [3.8, 4) is 0 Å².